The molecule has 0 bridgehead atoms. The zero-order valence-electron chi connectivity index (χ0n) is 8.53. The highest BCUT2D eigenvalue weighted by Crippen LogP contribution is 2.11. The Kier molecular flexibility index (Phi) is 4.62. The molecule has 0 heterocycles. The second kappa shape index (κ2) is 5.75. The third-order valence-electron chi connectivity index (χ3n) is 2.12. The molecule has 4 heteroatoms. The van der Waals surface area contributed by atoms with E-state index in [1.165, 1.54) is 6.07 Å². The molecule has 82 valence electrons. The molecular weight excluding hydrogens is 258 g/mol. The number of nitrogens with one attached hydrogen (secondary N) is 1. The van der Waals surface area contributed by atoms with Crippen molar-refractivity contribution in [1.82, 2.24) is 5.32 Å². The summed E-state index contributed by atoms with van der Waals surface area (Å²) in [6.45, 7) is 2.01. The molecule has 1 rings (SSSR count). The van der Waals surface area contributed by atoms with Gasteiger partial charge in [0.2, 0.25) is 0 Å². The van der Waals surface area contributed by atoms with Crippen molar-refractivity contribution < 1.29 is 9.90 Å². The number of alkyl halides is 1. The molecular formula is C11H14BrNO2. The Bertz CT molecular complexity index is 337. The van der Waals surface area contributed by atoms with E-state index < -0.39 is 0 Å². The highest BCUT2D eigenvalue weighted by atomic mass is 79.9. The van der Waals surface area contributed by atoms with Crippen LogP contribution in [0.2, 0.25) is 0 Å². The summed E-state index contributed by atoms with van der Waals surface area (Å²) in [4.78, 5) is 11.7. The standard InChI is InChI=1S/C11H14BrNO2/c1-2-9(7-12)13-11(15)8-4-3-5-10(14)6-8/h3-6,9,14H,2,7H2,1H3,(H,13,15). The van der Waals surface area contributed by atoms with Crippen LogP contribution in [0.15, 0.2) is 24.3 Å². The van der Waals surface area contributed by atoms with Crippen LogP contribution in [-0.2, 0) is 0 Å². The molecule has 0 aliphatic rings. The summed E-state index contributed by atoms with van der Waals surface area (Å²) in [5.41, 5.74) is 0.481. The van der Waals surface area contributed by atoms with Gasteiger partial charge in [0.1, 0.15) is 5.75 Å². The van der Waals surface area contributed by atoms with E-state index >= 15 is 0 Å². The molecule has 1 aromatic rings. The van der Waals surface area contributed by atoms with Gasteiger partial charge in [-0.2, -0.15) is 0 Å². The van der Waals surface area contributed by atoms with Crippen LogP contribution in [0.1, 0.15) is 23.7 Å². The molecule has 0 fully saturated rings. The van der Waals surface area contributed by atoms with Crippen LogP contribution in [0, 0.1) is 0 Å². The normalized spacial score (nSPS) is 12.1. The van der Waals surface area contributed by atoms with Gasteiger partial charge in [-0.1, -0.05) is 28.9 Å². The first-order valence-electron chi connectivity index (χ1n) is 4.83. The van der Waals surface area contributed by atoms with Gasteiger partial charge in [0.05, 0.1) is 0 Å². The largest absolute Gasteiger partial charge is 0.508 e. The fraction of sp³-hybridized carbons (Fsp3) is 0.364. The Morgan fingerprint density at radius 3 is 2.87 bits per heavy atom. The summed E-state index contributed by atoms with van der Waals surface area (Å²) in [7, 11) is 0. The van der Waals surface area contributed by atoms with Gasteiger partial charge < -0.3 is 10.4 Å². The van der Waals surface area contributed by atoms with Crippen molar-refractivity contribution in [2.45, 2.75) is 19.4 Å². The van der Waals surface area contributed by atoms with E-state index in [1.54, 1.807) is 18.2 Å². The monoisotopic (exact) mass is 271 g/mol. The highest BCUT2D eigenvalue weighted by molar-refractivity contribution is 9.09. The number of phenols is 1. The van der Waals surface area contributed by atoms with Crippen LogP contribution >= 0.6 is 15.9 Å². The fourth-order valence-corrected chi connectivity index (χ4v) is 1.79. The predicted octanol–water partition coefficient (Wildman–Crippen LogP) is 2.30. The van der Waals surface area contributed by atoms with E-state index in [9.17, 15) is 9.90 Å². The lowest BCUT2D eigenvalue weighted by Gasteiger charge is -2.13. The van der Waals surface area contributed by atoms with Crippen LogP contribution in [0.5, 0.6) is 5.75 Å². The molecule has 0 aliphatic heterocycles. The van der Waals surface area contributed by atoms with Crippen LogP contribution in [0.25, 0.3) is 0 Å². The van der Waals surface area contributed by atoms with Gasteiger partial charge >= 0.3 is 0 Å². The number of phenolic OH excluding ortho intramolecular Hbond substituents is 1. The second-order valence-electron chi connectivity index (χ2n) is 3.28. The Balaban J connectivity index is 2.68. The second-order valence-corrected chi connectivity index (χ2v) is 3.93. The predicted molar refractivity (Wildman–Crippen MR) is 63.4 cm³/mol. The number of carbonyl (C=O) groups is 1. The van der Waals surface area contributed by atoms with E-state index in [4.69, 9.17) is 0 Å². The maximum absolute atomic E-state index is 11.7. The topological polar surface area (TPSA) is 49.3 Å². The molecule has 3 nitrogen and oxygen atoms in total. The van der Waals surface area contributed by atoms with Gasteiger partial charge in [-0.3, -0.25) is 4.79 Å². The number of carbonyl (C=O) groups excluding carboxylic acids is 1. The van der Waals surface area contributed by atoms with Crippen molar-refractivity contribution in [3.05, 3.63) is 29.8 Å². The van der Waals surface area contributed by atoms with Crippen LogP contribution < -0.4 is 5.32 Å². The molecule has 1 amide bonds. The van der Waals surface area contributed by atoms with E-state index in [-0.39, 0.29) is 17.7 Å². The molecule has 0 radical (unpaired) electrons. The quantitative estimate of drug-likeness (QED) is 0.826. The highest BCUT2D eigenvalue weighted by Gasteiger charge is 2.10. The Morgan fingerprint density at radius 2 is 2.33 bits per heavy atom. The molecule has 2 N–H and O–H groups in total. The Morgan fingerprint density at radius 1 is 1.60 bits per heavy atom. The fourth-order valence-electron chi connectivity index (χ4n) is 1.17. The van der Waals surface area contributed by atoms with E-state index in [0.717, 1.165) is 11.8 Å². The number of benzene rings is 1. The van der Waals surface area contributed by atoms with E-state index in [1.807, 2.05) is 6.92 Å². The summed E-state index contributed by atoms with van der Waals surface area (Å²) < 4.78 is 0. The van der Waals surface area contributed by atoms with Crippen LogP contribution in [0.4, 0.5) is 0 Å². The number of amides is 1. The molecule has 0 spiro atoms. The lowest BCUT2D eigenvalue weighted by atomic mass is 10.2. The number of rotatable bonds is 4. The number of hydrogen-bond donors (Lipinski definition) is 2. The van der Waals surface area contributed by atoms with Crippen molar-refractivity contribution in [2.24, 2.45) is 0 Å². The van der Waals surface area contributed by atoms with Gasteiger partial charge in [0.15, 0.2) is 0 Å². The molecule has 1 aromatic carbocycles. The van der Waals surface area contributed by atoms with Gasteiger partial charge in [-0.05, 0) is 24.6 Å². The molecule has 15 heavy (non-hydrogen) atoms. The van der Waals surface area contributed by atoms with Crippen molar-refractivity contribution in [3.63, 3.8) is 0 Å². The maximum Gasteiger partial charge on any atom is 0.251 e. The molecule has 0 saturated carbocycles. The Labute approximate surface area is 97.6 Å². The van der Waals surface area contributed by atoms with Crippen LogP contribution in [0.3, 0.4) is 0 Å². The Hall–Kier alpha value is -1.03. The minimum Gasteiger partial charge on any atom is -0.508 e. The number of hydrogen-bond acceptors (Lipinski definition) is 2. The van der Waals surface area contributed by atoms with Crippen molar-refractivity contribution in [3.8, 4) is 5.75 Å². The third kappa shape index (κ3) is 3.55. The van der Waals surface area contributed by atoms with E-state index in [2.05, 4.69) is 21.2 Å². The smallest absolute Gasteiger partial charge is 0.251 e. The minimum atomic E-state index is -0.155. The molecule has 1 unspecified atom stereocenters. The van der Waals surface area contributed by atoms with Gasteiger partial charge in [-0.15, -0.1) is 0 Å². The van der Waals surface area contributed by atoms with E-state index in [0.29, 0.717) is 5.56 Å². The summed E-state index contributed by atoms with van der Waals surface area (Å²) >= 11 is 3.33. The summed E-state index contributed by atoms with van der Waals surface area (Å²) in [6, 6.07) is 6.45. The first kappa shape index (κ1) is 12.0. The molecule has 0 aromatic heterocycles. The average molecular weight is 272 g/mol. The van der Waals surface area contributed by atoms with Crippen LogP contribution in [-0.4, -0.2) is 22.4 Å². The summed E-state index contributed by atoms with van der Waals surface area (Å²) in [6.07, 6.45) is 0.871. The minimum absolute atomic E-state index is 0.106. The van der Waals surface area contributed by atoms with Gasteiger partial charge in [0, 0.05) is 16.9 Å². The zero-order chi connectivity index (χ0) is 11.3. The summed E-state index contributed by atoms with van der Waals surface area (Å²) in [5.74, 6) is -0.0493. The lowest BCUT2D eigenvalue weighted by Crippen LogP contribution is -2.35. The van der Waals surface area contributed by atoms with Crippen molar-refractivity contribution >= 4 is 21.8 Å². The SMILES string of the molecule is CCC(CBr)NC(=O)c1cccc(O)c1. The van der Waals surface area contributed by atoms with Gasteiger partial charge in [0.25, 0.3) is 5.91 Å². The van der Waals surface area contributed by atoms with Crippen molar-refractivity contribution in [2.75, 3.05) is 5.33 Å². The average Bonchev–Trinajstić information content (AvgIpc) is 2.25. The molecule has 0 aliphatic carbocycles. The third-order valence-corrected chi connectivity index (χ3v) is 2.90. The first-order valence-corrected chi connectivity index (χ1v) is 5.95. The maximum atomic E-state index is 11.7. The zero-order valence-corrected chi connectivity index (χ0v) is 10.1. The molecule has 0 saturated heterocycles. The number of aromatic hydroxyl groups is 1. The first-order chi connectivity index (χ1) is 7.17. The number of halogens is 1. The van der Waals surface area contributed by atoms with Gasteiger partial charge in [-0.25, -0.2) is 0 Å². The van der Waals surface area contributed by atoms with Crippen molar-refractivity contribution in [1.29, 1.82) is 0 Å². The lowest BCUT2D eigenvalue weighted by molar-refractivity contribution is 0.0940. The molecule has 1 atom stereocenters. The summed E-state index contributed by atoms with van der Waals surface area (Å²) in [5, 5.41) is 12.8.